The minimum Gasteiger partial charge on any atom is -0.497 e. The van der Waals surface area contributed by atoms with Crippen LogP contribution in [0.15, 0.2) is 95.4 Å². The van der Waals surface area contributed by atoms with Gasteiger partial charge in [0.1, 0.15) is 11.5 Å². The molecule has 3 aromatic carbocycles. The Morgan fingerprint density at radius 2 is 1.23 bits per heavy atom. The standard InChI is InChI=1S/C25H21O3.C6H14AsFO3/c1-26-22-12-8-19(9-13-22)24-16-21(18-6-4-3-5-7-18)17-25(28-24)20-10-14-23(27-2)15-11-20;1-2-3-4-5-6-11-7(8,9)10/h3-17H,1-2H3;2-6H2,1H3,(H,9,10)/q+1;/p-1. The Morgan fingerprint density at radius 1 is 0.718 bits per heavy atom. The van der Waals surface area contributed by atoms with Crippen LogP contribution in [0.1, 0.15) is 32.6 Å². The Hall–Kier alpha value is -3.38. The van der Waals surface area contributed by atoms with Crippen molar-refractivity contribution in [2.75, 3.05) is 20.8 Å². The fraction of sp³-hybridized carbons (Fsp3) is 0.258. The SMILES string of the molecule is CCCCCCO[As](=O)([O-])F.COc1ccc(-c2cc(-c3ccccc3)cc(-c3ccc(OC)cc3)[o+]2)cc1. The van der Waals surface area contributed by atoms with E-state index in [9.17, 15) is 11.3 Å². The second kappa shape index (κ2) is 15.3. The zero-order valence-electron chi connectivity index (χ0n) is 22.5. The first-order valence-corrected chi connectivity index (χ1v) is 15.8. The maximum Gasteiger partial charge on any atom is 0.361 e. The van der Waals surface area contributed by atoms with Gasteiger partial charge in [0.05, 0.1) is 37.5 Å². The number of rotatable bonds is 11. The molecule has 4 rings (SSSR count). The van der Waals surface area contributed by atoms with Crippen LogP contribution < -0.4 is 13.6 Å². The Balaban J connectivity index is 0.000000325. The summed E-state index contributed by atoms with van der Waals surface area (Å²) in [6, 6.07) is 30.2. The van der Waals surface area contributed by atoms with Crippen LogP contribution in [-0.2, 0) is 7.47 Å². The molecule has 1 heterocycles. The molecule has 0 aliphatic heterocycles. The summed E-state index contributed by atoms with van der Waals surface area (Å²) in [4.78, 5) is 0. The second-order valence-corrected chi connectivity index (χ2v) is 11.1. The van der Waals surface area contributed by atoms with Crippen molar-refractivity contribution in [3.63, 3.8) is 0 Å². The number of ether oxygens (including phenoxy) is 2. The van der Waals surface area contributed by atoms with Crippen LogP contribution in [0.5, 0.6) is 11.5 Å². The fourth-order valence-corrected chi connectivity index (χ4v) is 4.52. The quantitative estimate of drug-likeness (QED) is 0.102. The topological polar surface area (TPSA) is 79.1 Å². The zero-order valence-corrected chi connectivity index (χ0v) is 24.3. The van der Waals surface area contributed by atoms with Gasteiger partial charge in [0.2, 0.25) is 0 Å². The third-order valence-corrected chi connectivity index (χ3v) is 6.92. The summed E-state index contributed by atoms with van der Waals surface area (Å²) < 4.78 is 52.3. The van der Waals surface area contributed by atoms with E-state index in [1.54, 1.807) is 14.2 Å². The molecular weight excluding hydrogens is 562 g/mol. The van der Waals surface area contributed by atoms with E-state index in [0.29, 0.717) is 6.42 Å². The summed E-state index contributed by atoms with van der Waals surface area (Å²) in [5.41, 5.74) is 4.23. The first-order valence-electron chi connectivity index (χ1n) is 12.8. The van der Waals surface area contributed by atoms with Crippen molar-refractivity contribution in [3.8, 4) is 45.3 Å². The molecule has 0 aliphatic rings. The fourth-order valence-electron chi connectivity index (χ4n) is 3.80. The van der Waals surface area contributed by atoms with Gasteiger partial charge in [0.25, 0.3) is 0 Å². The average molecular weight is 597 g/mol. The molecule has 0 radical (unpaired) electrons. The Morgan fingerprint density at radius 3 is 1.67 bits per heavy atom. The summed E-state index contributed by atoms with van der Waals surface area (Å²) in [6.07, 6.45) is 3.61. The van der Waals surface area contributed by atoms with Crippen molar-refractivity contribution in [2.45, 2.75) is 32.6 Å². The minimum absolute atomic E-state index is 0.00347. The molecular formula is C31H34AsFO6. The average Bonchev–Trinajstić information content (AvgIpc) is 2.97. The van der Waals surface area contributed by atoms with Crippen molar-refractivity contribution in [1.29, 1.82) is 0 Å². The monoisotopic (exact) mass is 596 g/mol. The second-order valence-electron chi connectivity index (χ2n) is 8.72. The molecule has 1 unspecified atom stereocenters. The van der Waals surface area contributed by atoms with Gasteiger partial charge >= 0.3 is 80.4 Å². The Kier molecular flexibility index (Phi) is 11.8. The molecule has 1 aromatic heterocycles. The number of halogens is 1. The van der Waals surface area contributed by atoms with Crippen LogP contribution in [0.2, 0.25) is 0 Å². The van der Waals surface area contributed by atoms with E-state index in [0.717, 1.165) is 64.5 Å². The van der Waals surface area contributed by atoms with Crippen LogP contribution in [0, 0.1) is 0 Å². The molecule has 0 bridgehead atoms. The summed E-state index contributed by atoms with van der Waals surface area (Å²) in [5, 5.41) is 0. The molecule has 8 heteroatoms. The summed E-state index contributed by atoms with van der Waals surface area (Å²) >= 11 is -5.52. The van der Waals surface area contributed by atoms with Crippen LogP contribution in [0.25, 0.3) is 33.8 Å². The number of hydrogen-bond donors (Lipinski definition) is 0. The van der Waals surface area contributed by atoms with Crippen LogP contribution in [-0.4, -0.2) is 35.5 Å². The predicted molar refractivity (Wildman–Crippen MR) is 150 cm³/mol. The molecule has 0 aliphatic carbocycles. The van der Waals surface area contributed by atoms with E-state index in [1.165, 1.54) is 0 Å². The van der Waals surface area contributed by atoms with E-state index in [4.69, 9.17) is 13.9 Å². The van der Waals surface area contributed by atoms with Crippen LogP contribution in [0.3, 0.4) is 0 Å². The Bertz CT molecular complexity index is 1260. The van der Waals surface area contributed by atoms with E-state index < -0.39 is 14.6 Å². The van der Waals surface area contributed by atoms with Gasteiger partial charge in [-0.1, -0.05) is 30.3 Å². The van der Waals surface area contributed by atoms with Crippen molar-refractivity contribution in [1.82, 2.24) is 0 Å². The number of benzene rings is 3. The van der Waals surface area contributed by atoms with E-state index >= 15 is 0 Å². The normalized spacial score (nSPS) is 12.1. The van der Waals surface area contributed by atoms with Gasteiger partial charge in [0, 0.05) is 5.56 Å². The largest absolute Gasteiger partial charge is 0.497 e. The molecule has 0 fully saturated rings. The molecule has 0 saturated carbocycles. The molecule has 39 heavy (non-hydrogen) atoms. The maximum absolute atomic E-state index is 11.7. The van der Waals surface area contributed by atoms with Gasteiger partial charge in [-0.05, 0) is 54.1 Å². The molecule has 0 amide bonds. The summed E-state index contributed by atoms with van der Waals surface area (Å²) in [7, 11) is 3.33. The van der Waals surface area contributed by atoms with Crippen LogP contribution in [0.4, 0.5) is 3.47 Å². The Labute approximate surface area is 232 Å². The molecule has 4 aromatic rings. The van der Waals surface area contributed by atoms with Gasteiger partial charge in [-0.25, -0.2) is 4.42 Å². The molecule has 206 valence electrons. The van der Waals surface area contributed by atoms with Crippen molar-refractivity contribution in [2.24, 2.45) is 0 Å². The third-order valence-electron chi connectivity index (χ3n) is 5.89. The smallest absolute Gasteiger partial charge is 0.361 e. The van der Waals surface area contributed by atoms with Gasteiger partial charge in [-0.15, -0.1) is 0 Å². The van der Waals surface area contributed by atoms with Crippen molar-refractivity contribution < 1.29 is 28.9 Å². The zero-order chi connectivity index (χ0) is 28.1. The van der Waals surface area contributed by atoms with Gasteiger partial charge in [-0.2, -0.15) is 0 Å². The van der Waals surface area contributed by atoms with E-state index in [2.05, 4.69) is 28.0 Å². The van der Waals surface area contributed by atoms with Crippen LogP contribution >= 0.6 is 0 Å². The predicted octanol–water partition coefficient (Wildman–Crippen LogP) is 7.36. The minimum atomic E-state index is -5.52. The van der Waals surface area contributed by atoms with Gasteiger partial charge < -0.3 is 9.47 Å². The number of unbranched alkanes of at least 4 members (excludes halogenated alkanes) is 3. The third kappa shape index (κ3) is 10.0. The van der Waals surface area contributed by atoms with Crippen molar-refractivity contribution in [3.05, 3.63) is 91.0 Å². The van der Waals surface area contributed by atoms with E-state index in [1.807, 2.05) is 73.7 Å². The number of methoxy groups -OCH3 is 2. The van der Waals surface area contributed by atoms with Gasteiger partial charge in [0.15, 0.2) is 0 Å². The molecule has 0 saturated heterocycles. The van der Waals surface area contributed by atoms with E-state index in [-0.39, 0.29) is 6.61 Å². The molecule has 0 N–H and O–H groups in total. The molecule has 6 nitrogen and oxygen atoms in total. The van der Waals surface area contributed by atoms with Crippen molar-refractivity contribution >= 4 is 14.6 Å². The summed E-state index contributed by atoms with van der Waals surface area (Å²) in [6.45, 7) is 2.04. The first-order chi connectivity index (χ1) is 18.8. The summed E-state index contributed by atoms with van der Waals surface area (Å²) in [5.74, 6) is 3.24. The first kappa shape index (κ1) is 30.2. The molecule has 0 spiro atoms. The maximum atomic E-state index is 11.7. The molecule has 1 atom stereocenters. The van der Waals surface area contributed by atoms with Gasteiger partial charge in [-0.3, -0.25) is 0 Å². The number of hydrogen-bond acceptors (Lipinski definition) is 5.